The van der Waals surface area contributed by atoms with Crippen LogP contribution in [-0.4, -0.2) is 103 Å². The third-order valence-electron chi connectivity index (χ3n) is 4.58. The van der Waals surface area contributed by atoms with Gasteiger partial charge in [0.1, 0.15) is 6.04 Å². The summed E-state index contributed by atoms with van der Waals surface area (Å²) in [6.07, 6.45) is -2.70. The predicted octanol–water partition coefficient (Wildman–Crippen LogP) is -4.38. The maximum absolute atomic E-state index is 12.0. The fourth-order valence-electron chi connectivity index (χ4n) is 2.78. The van der Waals surface area contributed by atoms with Crippen molar-refractivity contribution in [3.63, 3.8) is 0 Å². The molecule has 15 nitrogen and oxygen atoms in total. The summed E-state index contributed by atoms with van der Waals surface area (Å²) in [5.74, 6) is -7.71. The monoisotopic (exact) mass is 448 g/mol. The minimum atomic E-state index is -2.83. The molecule has 174 valence electrons. The molecule has 0 aromatic rings. The van der Waals surface area contributed by atoms with Gasteiger partial charge < -0.3 is 46.8 Å². The standard InChI is InChI=1S/C16H24N4O11/c17-8(12(24)25)7-19-10(22)6-15(30,13(26)27)5-9(21)18-3-4-20-11(23)1-2-16(20,31)14(28)29/h8,30-31H,1-7,17H2,(H,18,21)(H,19,22)(H,24,25)(H,26,27)(H,28,29)/t8-,15-,16?/m0/s1. The highest BCUT2D eigenvalue weighted by atomic mass is 16.4. The number of nitrogens with one attached hydrogen (secondary N) is 2. The Morgan fingerprint density at radius 3 is 2.13 bits per heavy atom. The molecule has 1 saturated heterocycles. The number of carbonyl (C=O) groups is 6. The highest BCUT2D eigenvalue weighted by Gasteiger charge is 2.50. The highest BCUT2D eigenvalue weighted by molar-refractivity contribution is 5.92. The Morgan fingerprint density at radius 2 is 1.65 bits per heavy atom. The number of hydrogen-bond donors (Lipinski definition) is 8. The molecule has 0 spiro atoms. The van der Waals surface area contributed by atoms with Gasteiger partial charge >= 0.3 is 17.9 Å². The van der Waals surface area contributed by atoms with Crippen molar-refractivity contribution < 1.29 is 54.3 Å². The molecule has 1 heterocycles. The summed E-state index contributed by atoms with van der Waals surface area (Å²) >= 11 is 0. The van der Waals surface area contributed by atoms with Crippen LogP contribution in [0.1, 0.15) is 25.7 Å². The van der Waals surface area contributed by atoms with Gasteiger partial charge in [-0.3, -0.25) is 19.2 Å². The average Bonchev–Trinajstić information content (AvgIpc) is 2.95. The molecule has 9 N–H and O–H groups in total. The second kappa shape index (κ2) is 10.1. The zero-order chi connectivity index (χ0) is 24.0. The summed E-state index contributed by atoms with van der Waals surface area (Å²) in [5, 5.41) is 51.3. The van der Waals surface area contributed by atoms with Crippen molar-refractivity contribution >= 4 is 35.6 Å². The number of nitrogens with zero attached hydrogens (tertiary/aromatic N) is 1. The van der Waals surface area contributed by atoms with Gasteiger partial charge in [0, 0.05) is 32.5 Å². The van der Waals surface area contributed by atoms with Gasteiger partial charge in [0.2, 0.25) is 23.4 Å². The zero-order valence-corrected chi connectivity index (χ0v) is 16.2. The number of aliphatic hydroxyl groups is 2. The number of carbonyl (C=O) groups excluding carboxylic acids is 3. The van der Waals surface area contributed by atoms with Gasteiger partial charge in [0.05, 0.1) is 12.8 Å². The van der Waals surface area contributed by atoms with E-state index in [1.807, 2.05) is 5.32 Å². The van der Waals surface area contributed by atoms with Gasteiger partial charge in [-0.1, -0.05) is 0 Å². The number of rotatable bonds is 12. The quantitative estimate of drug-likeness (QED) is 0.141. The maximum atomic E-state index is 12.0. The van der Waals surface area contributed by atoms with Crippen molar-refractivity contribution in [1.29, 1.82) is 0 Å². The summed E-state index contributed by atoms with van der Waals surface area (Å²) in [7, 11) is 0. The predicted molar refractivity (Wildman–Crippen MR) is 97.0 cm³/mol. The molecule has 1 rings (SSSR count). The number of likely N-dealkylation sites (tertiary alicyclic amines) is 1. The van der Waals surface area contributed by atoms with E-state index in [9.17, 15) is 44.1 Å². The van der Waals surface area contributed by atoms with E-state index in [0.717, 1.165) is 0 Å². The topological polar surface area (TPSA) is 257 Å². The number of hydrogen-bond acceptors (Lipinski definition) is 9. The van der Waals surface area contributed by atoms with E-state index in [-0.39, 0.29) is 19.4 Å². The lowest BCUT2D eigenvalue weighted by Crippen LogP contribution is -2.54. The fraction of sp³-hybridized carbons (Fsp3) is 0.625. The van der Waals surface area contributed by atoms with Crippen LogP contribution in [0.15, 0.2) is 0 Å². The molecule has 0 bridgehead atoms. The Bertz CT molecular complexity index is 773. The molecule has 1 unspecified atom stereocenters. The smallest absolute Gasteiger partial charge is 0.357 e. The lowest BCUT2D eigenvalue weighted by atomic mass is 9.94. The van der Waals surface area contributed by atoms with Crippen LogP contribution in [-0.2, 0) is 28.8 Å². The molecular formula is C16H24N4O11. The van der Waals surface area contributed by atoms with Crippen LogP contribution in [0.5, 0.6) is 0 Å². The number of carboxylic acid groups (broad SMARTS) is 3. The van der Waals surface area contributed by atoms with Crippen LogP contribution in [0.2, 0.25) is 0 Å². The van der Waals surface area contributed by atoms with E-state index in [2.05, 4.69) is 5.32 Å². The van der Waals surface area contributed by atoms with Gasteiger partial charge in [-0.2, -0.15) is 0 Å². The first-order valence-electron chi connectivity index (χ1n) is 8.96. The Kier molecular flexibility index (Phi) is 8.42. The Morgan fingerprint density at radius 1 is 1.10 bits per heavy atom. The van der Waals surface area contributed by atoms with Gasteiger partial charge in [-0.05, 0) is 0 Å². The van der Waals surface area contributed by atoms with E-state index in [1.165, 1.54) is 0 Å². The molecule has 1 fully saturated rings. The summed E-state index contributed by atoms with van der Waals surface area (Å²) in [6.45, 7) is -1.30. The third-order valence-corrected chi connectivity index (χ3v) is 4.58. The Labute approximate surface area is 174 Å². The lowest BCUT2D eigenvalue weighted by molar-refractivity contribution is -0.180. The van der Waals surface area contributed by atoms with Gasteiger partial charge in [-0.25, -0.2) is 9.59 Å². The Hall–Kier alpha value is -3.30. The van der Waals surface area contributed by atoms with E-state index < -0.39 is 78.9 Å². The summed E-state index contributed by atoms with van der Waals surface area (Å²) < 4.78 is 0. The van der Waals surface area contributed by atoms with Gasteiger partial charge in [0.15, 0.2) is 5.60 Å². The normalized spacial score (nSPS) is 21.1. The van der Waals surface area contributed by atoms with E-state index in [0.29, 0.717) is 4.90 Å². The molecule has 0 radical (unpaired) electrons. The van der Waals surface area contributed by atoms with E-state index >= 15 is 0 Å². The maximum Gasteiger partial charge on any atom is 0.357 e. The van der Waals surface area contributed by atoms with Gasteiger partial charge in [0.25, 0.3) is 0 Å². The van der Waals surface area contributed by atoms with E-state index in [1.54, 1.807) is 0 Å². The SMILES string of the molecule is N[C@@H](CNC(=O)C[C@@](O)(CC(=O)NCCN1C(=O)CCC1(O)C(=O)O)C(=O)O)C(=O)O. The number of nitrogens with two attached hydrogens (primary N) is 1. The minimum Gasteiger partial charge on any atom is -0.480 e. The van der Waals surface area contributed by atoms with Crippen molar-refractivity contribution in [2.24, 2.45) is 5.73 Å². The van der Waals surface area contributed by atoms with E-state index in [4.69, 9.17) is 15.9 Å². The minimum absolute atomic E-state index is 0.212. The summed E-state index contributed by atoms with van der Waals surface area (Å²) in [6, 6.07) is -1.46. The number of carboxylic acids is 3. The lowest BCUT2D eigenvalue weighted by Gasteiger charge is -2.29. The number of amides is 3. The van der Waals surface area contributed by atoms with Crippen LogP contribution in [0, 0.1) is 0 Å². The van der Waals surface area contributed by atoms with Crippen LogP contribution in [0.25, 0.3) is 0 Å². The molecule has 1 aliphatic heterocycles. The van der Waals surface area contributed by atoms with Crippen LogP contribution >= 0.6 is 0 Å². The first-order chi connectivity index (χ1) is 14.2. The van der Waals surface area contributed by atoms with Crippen LogP contribution in [0.4, 0.5) is 0 Å². The molecule has 31 heavy (non-hydrogen) atoms. The zero-order valence-electron chi connectivity index (χ0n) is 16.2. The van der Waals surface area contributed by atoms with Crippen molar-refractivity contribution in [2.75, 3.05) is 19.6 Å². The van der Waals surface area contributed by atoms with Crippen LogP contribution < -0.4 is 16.4 Å². The molecular weight excluding hydrogens is 424 g/mol. The van der Waals surface area contributed by atoms with Crippen molar-refractivity contribution in [2.45, 2.75) is 43.1 Å². The molecule has 0 aromatic heterocycles. The second-order valence-electron chi connectivity index (χ2n) is 6.96. The summed E-state index contributed by atoms with van der Waals surface area (Å²) in [5.41, 5.74) is -0.0613. The molecule has 3 atom stereocenters. The third kappa shape index (κ3) is 6.59. The molecule has 0 aromatic carbocycles. The fourth-order valence-corrected chi connectivity index (χ4v) is 2.78. The molecule has 3 amide bonds. The molecule has 0 saturated carbocycles. The van der Waals surface area contributed by atoms with Crippen LogP contribution in [0.3, 0.4) is 0 Å². The molecule has 15 heteroatoms. The first-order valence-corrected chi connectivity index (χ1v) is 8.96. The largest absolute Gasteiger partial charge is 0.480 e. The first kappa shape index (κ1) is 25.7. The molecule has 1 aliphatic rings. The Balaban J connectivity index is 2.62. The van der Waals surface area contributed by atoms with Crippen molar-refractivity contribution in [3.05, 3.63) is 0 Å². The second-order valence-corrected chi connectivity index (χ2v) is 6.96. The number of aliphatic carboxylic acids is 3. The highest BCUT2D eigenvalue weighted by Crippen LogP contribution is 2.27. The van der Waals surface area contributed by atoms with Crippen molar-refractivity contribution in [3.8, 4) is 0 Å². The average molecular weight is 448 g/mol. The molecule has 0 aliphatic carbocycles. The summed E-state index contributed by atoms with van der Waals surface area (Å²) in [4.78, 5) is 69.3. The van der Waals surface area contributed by atoms with Gasteiger partial charge in [-0.15, -0.1) is 0 Å². The van der Waals surface area contributed by atoms with Crippen molar-refractivity contribution in [1.82, 2.24) is 15.5 Å².